The summed E-state index contributed by atoms with van der Waals surface area (Å²) < 4.78 is 0. The maximum Gasteiger partial charge on any atom is 0.255 e. The lowest BCUT2D eigenvalue weighted by molar-refractivity contribution is 0.0268. The number of aliphatic hydroxyl groups excluding tert-OH is 1. The van der Waals surface area contributed by atoms with E-state index in [2.05, 4.69) is 0 Å². The van der Waals surface area contributed by atoms with E-state index in [4.69, 9.17) is 0 Å². The smallest absolute Gasteiger partial charge is 0.255 e. The molecule has 2 atom stereocenters. The number of hydrogen-bond acceptors (Lipinski definition) is 3. The molecule has 94 valence electrons. The molecule has 0 radical (unpaired) electrons. The minimum Gasteiger partial charge on any atom is -0.391 e. The summed E-state index contributed by atoms with van der Waals surface area (Å²) >= 11 is 1.55. The highest BCUT2D eigenvalue weighted by Gasteiger charge is 2.30. The molecule has 1 amide bonds. The second-order valence-corrected chi connectivity index (χ2v) is 5.55. The Labute approximate surface area is 106 Å². The quantitative estimate of drug-likeness (QED) is 0.879. The van der Waals surface area contributed by atoms with Gasteiger partial charge >= 0.3 is 0 Å². The van der Waals surface area contributed by atoms with Crippen LogP contribution in [0.2, 0.25) is 0 Å². The minimum absolute atomic E-state index is 0.0180. The Kier molecular flexibility index (Phi) is 3.84. The average molecular weight is 253 g/mol. The fourth-order valence-corrected chi connectivity index (χ4v) is 3.29. The molecule has 1 aromatic rings. The predicted octanol–water partition coefficient (Wildman–Crippen LogP) is 2.43. The van der Waals surface area contributed by atoms with E-state index in [0.717, 1.165) is 36.8 Å². The molecule has 0 saturated heterocycles. The fourth-order valence-electron chi connectivity index (χ4n) is 2.46. The maximum absolute atomic E-state index is 12.3. The first-order chi connectivity index (χ1) is 8.11. The van der Waals surface area contributed by atoms with E-state index in [9.17, 15) is 9.90 Å². The zero-order valence-electron chi connectivity index (χ0n) is 10.3. The molecule has 1 aliphatic rings. The lowest BCUT2D eigenvalue weighted by atomic mass is 9.91. The summed E-state index contributed by atoms with van der Waals surface area (Å²) in [7, 11) is 1.80. The molecule has 0 aromatic carbocycles. The van der Waals surface area contributed by atoms with Crippen molar-refractivity contribution in [2.24, 2.45) is 0 Å². The highest BCUT2D eigenvalue weighted by atomic mass is 32.1. The summed E-state index contributed by atoms with van der Waals surface area (Å²) in [5.41, 5.74) is 1.80. The van der Waals surface area contributed by atoms with Crippen molar-refractivity contribution in [3.63, 3.8) is 0 Å². The largest absolute Gasteiger partial charge is 0.391 e. The highest BCUT2D eigenvalue weighted by molar-refractivity contribution is 7.08. The van der Waals surface area contributed by atoms with Gasteiger partial charge in [-0.05, 0) is 30.7 Å². The third kappa shape index (κ3) is 2.53. The van der Waals surface area contributed by atoms with Crippen LogP contribution < -0.4 is 0 Å². The Morgan fingerprint density at radius 2 is 2.12 bits per heavy atom. The summed E-state index contributed by atoms with van der Waals surface area (Å²) in [6.07, 6.45) is 3.52. The SMILES string of the molecule is Cc1cscc1C(=O)N(C)C1CCCCC1O. The summed E-state index contributed by atoms with van der Waals surface area (Å²) in [5.74, 6) is 0.0368. The minimum atomic E-state index is -0.364. The molecule has 1 fully saturated rings. The number of hydrogen-bond donors (Lipinski definition) is 1. The molecule has 4 heteroatoms. The van der Waals surface area contributed by atoms with Crippen LogP contribution in [0, 0.1) is 6.92 Å². The molecular formula is C13H19NO2S. The number of amides is 1. The Balaban J connectivity index is 2.11. The number of likely N-dealkylation sites (N-methyl/N-ethyl adjacent to an activating group) is 1. The second-order valence-electron chi connectivity index (χ2n) is 4.80. The van der Waals surface area contributed by atoms with Crippen LogP contribution in [0.3, 0.4) is 0 Å². The number of nitrogens with zero attached hydrogens (tertiary/aromatic N) is 1. The number of aliphatic hydroxyl groups is 1. The molecule has 1 saturated carbocycles. The van der Waals surface area contributed by atoms with Gasteiger partial charge in [0.2, 0.25) is 0 Å². The van der Waals surface area contributed by atoms with Crippen molar-refractivity contribution in [3.05, 3.63) is 21.9 Å². The zero-order chi connectivity index (χ0) is 12.4. The highest BCUT2D eigenvalue weighted by Crippen LogP contribution is 2.25. The molecule has 1 N–H and O–H groups in total. The van der Waals surface area contributed by atoms with E-state index < -0.39 is 0 Å². The van der Waals surface area contributed by atoms with Gasteiger partial charge in [-0.2, -0.15) is 11.3 Å². The first-order valence-electron chi connectivity index (χ1n) is 6.09. The molecule has 0 spiro atoms. The lowest BCUT2D eigenvalue weighted by Crippen LogP contribution is -2.46. The van der Waals surface area contributed by atoms with Gasteiger partial charge in [-0.25, -0.2) is 0 Å². The molecule has 1 aliphatic carbocycles. The molecule has 3 nitrogen and oxygen atoms in total. The van der Waals surface area contributed by atoms with Gasteiger partial charge in [0.25, 0.3) is 5.91 Å². The van der Waals surface area contributed by atoms with Gasteiger partial charge in [-0.1, -0.05) is 12.8 Å². The molecule has 0 aliphatic heterocycles. The molecule has 0 bridgehead atoms. The zero-order valence-corrected chi connectivity index (χ0v) is 11.2. The molecule has 1 aromatic heterocycles. The van der Waals surface area contributed by atoms with Crippen LogP contribution in [0.15, 0.2) is 10.8 Å². The van der Waals surface area contributed by atoms with Gasteiger partial charge in [-0.3, -0.25) is 4.79 Å². The first-order valence-corrected chi connectivity index (χ1v) is 7.03. The Morgan fingerprint density at radius 1 is 1.41 bits per heavy atom. The third-order valence-electron chi connectivity index (χ3n) is 3.60. The van der Waals surface area contributed by atoms with Crippen LogP contribution in [-0.4, -0.2) is 35.1 Å². The lowest BCUT2D eigenvalue weighted by Gasteiger charge is -2.35. The van der Waals surface area contributed by atoms with Gasteiger partial charge in [-0.15, -0.1) is 0 Å². The normalized spacial score (nSPS) is 24.6. The number of rotatable bonds is 2. The molecule has 17 heavy (non-hydrogen) atoms. The van der Waals surface area contributed by atoms with E-state index in [1.807, 2.05) is 17.7 Å². The summed E-state index contributed by atoms with van der Waals surface area (Å²) in [6.45, 7) is 1.95. The summed E-state index contributed by atoms with van der Waals surface area (Å²) in [5, 5.41) is 13.8. The van der Waals surface area contributed by atoms with Crippen LogP contribution in [0.1, 0.15) is 41.6 Å². The third-order valence-corrected chi connectivity index (χ3v) is 4.46. The second kappa shape index (κ2) is 5.19. The van der Waals surface area contributed by atoms with E-state index in [-0.39, 0.29) is 18.1 Å². The van der Waals surface area contributed by atoms with Gasteiger partial charge in [0, 0.05) is 12.4 Å². The van der Waals surface area contributed by atoms with Crippen molar-refractivity contribution in [1.82, 2.24) is 4.90 Å². The summed E-state index contributed by atoms with van der Waals surface area (Å²) in [4.78, 5) is 14.0. The van der Waals surface area contributed by atoms with Crippen LogP contribution in [0.4, 0.5) is 0 Å². The Hall–Kier alpha value is -0.870. The van der Waals surface area contributed by atoms with Crippen LogP contribution in [0.25, 0.3) is 0 Å². The molecule has 2 unspecified atom stereocenters. The van der Waals surface area contributed by atoms with E-state index in [1.165, 1.54) is 0 Å². The van der Waals surface area contributed by atoms with Crippen LogP contribution >= 0.6 is 11.3 Å². The van der Waals surface area contributed by atoms with Crippen molar-refractivity contribution < 1.29 is 9.90 Å². The van der Waals surface area contributed by atoms with Crippen molar-refractivity contribution >= 4 is 17.2 Å². The van der Waals surface area contributed by atoms with Crippen molar-refractivity contribution in [1.29, 1.82) is 0 Å². The van der Waals surface area contributed by atoms with Gasteiger partial charge in [0.1, 0.15) is 0 Å². The molecule has 2 rings (SSSR count). The van der Waals surface area contributed by atoms with Gasteiger partial charge < -0.3 is 10.0 Å². The standard InChI is InChI=1S/C13H19NO2S/c1-9-7-17-8-10(9)13(16)14(2)11-5-3-4-6-12(11)15/h7-8,11-12,15H,3-6H2,1-2H3. The van der Waals surface area contributed by atoms with E-state index in [1.54, 1.807) is 23.3 Å². The fraction of sp³-hybridized carbons (Fsp3) is 0.615. The Bertz CT molecular complexity index is 402. The molecular weight excluding hydrogens is 234 g/mol. The number of aryl methyl sites for hydroxylation is 1. The average Bonchev–Trinajstić information content (AvgIpc) is 2.74. The predicted molar refractivity (Wildman–Crippen MR) is 69.4 cm³/mol. The van der Waals surface area contributed by atoms with Gasteiger partial charge in [0.15, 0.2) is 0 Å². The topological polar surface area (TPSA) is 40.5 Å². The van der Waals surface area contributed by atoms with E-state index >= 15 is 0 Å². The van der Waals surface area contributed by atoms with Crippen LogP contribution in [-0.2, 0) is 0 Å². The summed E-state index contributed by atoms with van der Waals surface area (Å²) in [6, 6.07) is -0.0180. The number of carbonyl (C=O) groups is 1. The van der Waals surface area contributed by atoms with Crippen molar-refractivity contribution in [2.45, 2.75) is 44.8 Å². The van der Waals surface area contributed by atoms with Crippen molar-refractivity contribution in [3.8, 4) is 0 Å². The van der Waals surface area contributed by atoms with E-state index in [0.29, 0.717) is 0 Å². The van der Waals surface area contributed by atoms with Gasteiger partial charge in [0.05, 0.1) is 17.7 Å². The first kappa shape index (κ1) is 12.6. The monoisotopic (exact) mass is 253 g/mol. The maximum atomic E-state index is 12.3. The number of carbonyl (C=O) groups excluding carboxylic acids is 1. The number of thiophene rings is 1. The van der Waals surface area contributed by atoms with Crippen molar-refractivity contribution in [2.75, 3.05) is 7.05 Å². The van der Waals surface area contributed by atoms with Crippen LogP contribution in [0.5, 0.6) is 0 Å². The molecule has 1 heterocycles. The Morgan fingerprint density at radius 3 is 2.71 bits per heavy atom.